The number of benzene rings is 1. The minimum Gasteiger partial charge on any atom is -0.481 e. The van der Waals surface area contributed by atoms with Gasteiger partial charge in [0.1, 0.15) is 0 Å². The number of H-pyrrole nitrogens is 2. The van der Waals surface area contributed by atoms with Gasteiger partial charge in [-0.25, -0.2) is 17.9 Å². The maximum atomic E-state index is 11.7. The molecule has 1 heterocycles. The molecule has 0 fully saturated rings. The molecule has 1 aromatic carbocycles. The maximum Gasteiger partial charge on any atom is 0.323 e. The number of aromatic amines is 2. The second-order valence-electron chi connectivity index (χ2n) is 4.69. The zero-order chi connectivity index (χ0) is 15.6. The second kappa shape index (κ2) is 5.70. The SMILES string of the molecule is CC(NS(=O)(=O)CCC(=O)O)c1ccc2[nH]c(=O)[nH]c2c1. The van der Waals surface area contributed by atoms with Gasteiger partial charge in [-0.2, -0.15) is 0 Å². The quantitative estimate of drug-likeness (QED) is 0.609. The van der Waals surface area contributed by atoms with Gasteiger partial charge in [-0.1, -0.05) is 6.07 Å². The normalized spacial score (nSPS) is 13.4. The number of nitrogens with one attached hydrogen (secondary N) is 3. The molecule has 2 aromatic rings. The summed E-state index contributed by atoms with van der Waals surface area (Å²) >= 11 is 0. The monoisotopic (exact) mass is 313 g/mol. The van der Waals surface area contributed by atoms with Gasteiger partial charge in [0.15, 0.2) is 0 Å². The number of imidazole rings is 1. The van der Waals surface area contributed by atoms with E-state index in [0.717, 1.165) is 0 Å². The number of rotatable bonds is 6. The van der Waals surface area contributed by atoms with E-state index in [1.54, 1.807) is 25.1 Å². The van der Waals surface area contributed by atoms with Crippen LogP contribution in [0.15, 0.2) is 23.0 Å². The molecule has 0 aliphatic rings. The van der Waals surface area contributed by atoms with E-state index in [4.69, 9.17) is 5.11 Å². The topological polar surface area (TPSA) is 132 Å². The molecule has 8 nitrogen and oxygen atoms in total. The molecule has 0 aliphatic carbocycles. The number of carboxylic acid groups (broad SMARTS) is 1. The number of aliphatic carboxylic acids is 1. The first-order valence-corrected chi connectivity index (χ1v) is 7.86. The van der Waals surface area contributed by atoms with Crippen LogP contribution in [0.25, 0.3) is 11.0 Å². The number of hydrogen-bond acceptors (Lipinski definition) is 4. The van der Waals surface area contributed by atoms with Crippen molar-refractivity contribution in [2.24, 2.45) is 0 Å². The van der Waals surface area contributed by atoms with E-state index in [1.807, 2.05) is 0 Å². The number of sulfonamides is 1. The van der Waals surface area contributed by atoms with Gasteiger partial charge in [0.25, 0.3) is 0 Å². The molecule has 1 unspecified atom stereocenters. The van der Waals surface area contributed by atoms with E-state index in [0.29, 0.717) is 16.6 Å². The Morgan fingerprint density at radius 1 is 1.33 bits per heavy atom. The molecular weight excluding hydrogens is 298 g/mol. The van der Waals surface area contributed by atoms with Crippen LogP contribution in [-0.4, -0.2) is 35.2 Å². The van der Waals surface area contributed by atoms with Crippen LogP contribution in [0.4, 0.5) is 0 Å². The number of hydrogen-bond donors (Lipinski definition) is 4. The summed E-state index contributed by atoms with van der Waals surface area (Å²) in [7, 11) is -3.68. The van der Waals surface area contributed by atoms with E-state index in [9.17, 15) is 18.0 Å². The zero-order valence-electron chi connectivity index (χ0n) is 11.2. The molecule has 21 heavy (non-hydrogen) atoms. The van der Waals surface area contributed by atoms with Gasteiger partial charge in [-0.05, 0) is 24.6 Å². The highest BCUT2D eigenvalue weighted by Crippen LogP contribution is 2.17. The van der Waals surface area contributed by atoms with Crippen LogP contribution in [-0.2, 0) is 14.8 Å². The van der Waals surface area contributed by atoms with Gasteiger partial charge in [-0.15, -0.1) is 0 Å². The fraction of sp³-hybridized carbons (Fsp3) is 0.333. The van der Waals surface area contributed by atoms with Crippen LogP contribution in [0.2, 0.25) is 0 Å². The highest BCUT2D eigenvalue weighted by Gasteiger charge is 2.17. The Balaban J connectivity index is 2.16. The summed E-state index contributed by atoms with van der Waals surface area (Å²) in [5, 5.41) is 8.52. The fourth-order valence-electron chi connectivity index (χ4n) is 1.94. The molecule has 0 aliphatic heterocycles. The van der Waals surface area contributed by atoms with Gasteiger partial charge >= 0.3 is 11.7 Å². The average molecular weight is 313 g/mol. The van der Waals surface area contributed by atoms with Crippen LogP contribution >= 0.6 is 0 Å². The van der Waals surface area contributed by atoms with Gasteiger partial charge in [0.05, 0.1) is 23.2 Å². The summed E-state index contributed by atoms with van der Waals surface area (Å²) in [6, 6.07) is 4.49. The lowest BCUT2D eigenvalue weighted by Gasteiger charge is -2.14. The van der Waals surface area contributed by atoms with Crippen LogP contribution in [0.3, 0.4) is 0 Å². The van der Waals surface area contributed by atoms with E-state index < -0.39 is 34.2 Å². The van der Waals surface area contributed by atoms with Crippen molar-refractivity contribution in [3.8, 4) is 0 Å². The van der Waals surface area contributed by atoms with E-state index in [1.165, 1.54) is 0 Å². The van der Waals surface area contributed by atoms with Crippen molar-refractivity contribution in [3.05, 3.63) is 34.2 Å². The van der Waals surface area contributed by atoms with Crippen LogP contribution in [0.5, 0.6) is 0 Å². The Morgan fingerprint density at radius 3 is 2.67 bits per heavy atom. The zero-order valence-corrected chi connectivity index (χ0v) is 12.0. The Bertz CT molecular complexity index is 821. The van der Waals surface area contributed by atoms with Crippen molar-refractivity contribution >= 4 is 27.0 Å². The second-order valence-corrected chi connectivity index (χ2v) is 6.56. The lowest BCUT2D eigenvalue weighted by Crippen LogP contribution is -2.30. The smallest absolute Gasteiger partial charge is 0.323 e. The lowest BCUT2D eigenvalue weighted by molar-refractivity contribution is -0.136. The predicted molar refractivity (Wildman–Crippen MR) is 76.5 cm³/mol. The Hall–Kier alpha value is -2.13. The molecule has 0 spiro atoms. The lowest BCUT2D eigenvalue weighted by atomic mass is 10.1. The number of carboxylic acids is 1. The Morgan fingerprint density at radius 2 is 2.00 bits per heavy atom. The van der Waals surface area contributed by atoms with Crippen molar-refractivity contribution < 1.29 is 18.3 Å². The molecule has 4 N–H and O–H groups in total. The number of fused-ring (bicyclic) bond motifs is 1. The summed E-state index contributed by atoms with van der Waals surface area (Å²) in [5.74, 6) is -1.64. The average Bonchev–Trinajstić information content (AvgIpc) is 2.75. The first-order chi connectivity index (χ1) is 9.77. The van der Waals surface area contributed by atoms with Crippen LogP contribution in [0.1, 0.15) is 24.9 Å². The first kappa shape index (κ1) is 15.3. The molecule has 1 aromatic heterocycles. The first-order valence-electron chi connectivity index (χ1n) is 6.20. The Labute approximate surface area is 120 Å². The highest BCUT2D eigenvalue weighted by atomic mass is 32.2. The summed E-state index contributed by atoms with van der Waals surface area (Å²) in [5.41, 5.74) is 1.53. The summed E-state index contributed by atoms with van der Waals surface area (Å²) in [4.78, 5) is 26.8. The van der Waals surface area contributed by atoms with Crippen LogP contribution in [0, 0.1) is 0 Å². The molecule has 9 heteroatoms. The Kier molecular flexibility index (Phi) is 4.14. The van der Waals surface area contributed by atoms with Crippen molar-refractivity contribution in [2.75, 3.05) is 5.75 Å². The highest BCUT2D eigenvalue weighted by molar-refractivity contribution is 7.89. The molecule has 0 saturated carbocycles. The minimum absolute atomic E-state index is 0.336. The largest absolute Gasteiger partial charge is 0.481 e. The third-order valence-electron chi connectivity index (χ3n) is 2.98. The van der Waals surface area contributed by atoms with Crippen molar-refractivity contribution in [1.29, 1.82) is 0 Å². The molecule has 2 rings (SSSR count). The summed E-state index contributed by atoms with van der Waals surface area (Å²) < 4.78 is 25.9. The van der Waals surface area contributed by atoms with Crippen molar-refractivity contribution in [3.63, 3.8) is 0 Å². The van der Waals surface area contributed by atoms with Gasteiger partial charge in [0, 0.05) is 6.04 Å². The van der Waals surface area contributed by atoms with E-state index >= 15 is 0 Å². The third kappa shape index (κ3) is 3.92. The summed E-state index contributed by atoms with van der Waals surface area (Å²) in [6.45, 7) is 1.64. The standard InChI is InChI=1S/C12H15N3O5S/c1-7(15-21(19,20)5-4-11(16)17)8-2-3-9-10(6-8)14-12(18)13-9/h2-3,6-7,15H,4-5H2,1H3,(H,16,17)(H2,13,14,18). The number of aromatic nitrogens is 2. The van der Waals surface area contributed by atoms with Gasteiger partial charge in [0.2, 0.25) is 10.0 Å². The molecule has 0 saturated heterocycles. The van der Waals surface area contributed by atoms with E-state index in [-0.39, 0.29) is 5.69 Å². The predicted octanol–water partition coefficient (Wildman–Crippen LogP) is 0.311. The van der Waals surface area contributed by atoms with Crippen molar-refractivity contribution in [1.82, 2.24) is 14.7 Å². The number of carbonyl (C=O) groups is 1. The third-order valence-corrected chi connectivity index (χ3v) is 4.44. The molecule has 0 amide bonds. The maximum absolute atomic E-state index is 11.7. The molecule has 1 atom stereocenters. The molecule has 0 radical (unpaired) electrons. The van der Waals surface area contributed by atoms with Crippen LogP contribution < -0.4 is 10.4 Å². The van der Waals surface area contributed by atoms with E-state index in [2.05, 4.69) is 14.7 Å². The fourth-order valence-corrected chi connectivity index (χ4v) is 3.17. The molecule has 114 valence electrons. The molecular formula is C12H15N3O5S. The van der Waals surface area contributed by atoms with Gasteiger partial charge in [-0.3, -0.25) is 4.79 Å². The minimum atomic E-state index is -3.68. The van der Waals surface area contributed by atoms with Gasteiger partial charge < -0.3 is 15.1 Å². The molecule has 0 bridgehead atoms. The van der Waals surface area contributed by atoms with Crippen molar-refractivity contribution in [2.45, 2.75) is 19.4 Å². The summed E-state index contributed by atoms with van der Waals surface area (Å²) in [6.07, 6.45) is -0.452.